The molecule has 0 saturated heterocycles. The molecule has 0 unspecified atom stereocenters. The van der Waals surface area contributed by atoms with Crippen molar-refractivity contribution >= 4 is 17.5 Å². The minimum atomic E-state index is -1.61. The van der Waals surface area contributed by atoms with Crippen molar-refractivity contribution in [3.63, 3.8) is 0 Å². The summed E-state index contributed by atoms with van der Waals surface area (Å²) in [6.07, 6.45) is 1.34. The van der Waals surface area contributed by atoms with Gasteiger partial charge in [-0.15, -0.1) is 0 Å². The molecule has 0 atom stereocenters. The lowest BCUT2D eigenvalue weighted by Gasteiger charge is -1.97. The molecule has 0 aliphatic heterocycles. The van der Waals surface area contributed by atoms with Gasteiger partial charge in [0, 0.05) is 17.7 Å². The largest absolute Gasteiger partial charge is 0.507 e. The third-order valence-corrected chi connectivity index (χ3v) is 1.85. The molecule has 0 radical (unpaired) electrons. The summed E-state index contributed by atoms with van der Waals surface area (Å²) in [5.41, 5.74) is 0.420. The van der Waals surface area contributed by atoms with E-state index in [-0.39, 0.29) is 5.76 Å². The molecule has 88 valence electrons. The second kappa shape index (κ2) is 5.50. The van der Waals surface area contributed by atoms with Crippen molar-refractivity contribution in [3.8, 4) is 0 Å². The van der Waals surface area contributed by atoms with Crippen molar-refractivity contribution in [1.29, 1.82) is 0 Å². The Morgan fingerprint density at radius 3 is 2.06 bits per heavy atom. The average Bonchev–Trinajstić information content (AvgIpc) is 2.29. The van der Waals surface area contributed by atoms with E-state index >= 15 is 0 Å². The molecule has 5 heteroatoms. The normalized spacial score (nSPS) is 12.2. The minimum absolute atomic E-state index is 0.301. The first kappa shape index (κ1) is 12.5. The lowest BCUT2D eigenvalue weighted by molar-refractivity contribution is -0.135. The first-order chi connectivity index (χ1) is 8.00. The monoisotopic (exact) mass is 234 g/mol. The van der Waals surface area contributed by atoms with Crippen LogP contribution in [0.5, 0.6) is 0 Å². The van der Waals surface area contributed by atoms with Crippen LogP contribution in [0.25, 0.3) is 5.76 Å². The zero-order chi connectivity index (χ0) is 12.8. The Hall–Kier alpha value is -2.56. The fourth-order valence-electron chi connectivity index (χ4n) is 1.07. The van der Waals surface area contributed by atoms with E-state index in [1.54, 1.807) is 30.3 Å². The molecule has 0 bridgehead atoms. The fourth-order valence-corrected chi connectivity index (χ4v) is 1.07. The molecule has 0 aliphatic carbocycles. The average molecular weight is 234 g/mol. The maximum atomic E-state index is 11.2. The van der Waals surface area contributed by atoms with Crippen LogP contribution in [0, 0.1) is 0 Å². The third kappa shape index (κ3) is 3.83. The van der Waals surface area contributed by atoms with E-state index in [1.165, 1.54) is 0 Å². The molecule has 1 aromatic rings. The first-order valence-electron chi connectivity index (χ1n) is 4.64. The van der Waals surface area contributed by atoms with Crippen LogP contribution >= 0.6 is 0 Å². The Morgan fingerprint density at radius 2 is 1.53 bits per heavy atom. The third-order valence-electron chi connectivity index (χ3n) is 1.85. The number of carboxylic acid groups (broad SMARTS) is 1. The lowest BCUT2D eigenvalue weighted by atomic mass is 10.1. The Bertz CT molecular complexity index is 485. The number of allylic oxidation sites excluding steroid dienone is 2. The predicted octanol–water partition coefficient (Wildman–Crippen LogP) is 1.68. The number of carbonyl (C=O) groups excluding carboxylic acids is 1. The highest BCUT2D eigenvalue weighted by Crippen LogP contribution is 2.10. The Labute approximate surface area is 96.9 Å². The summed E-state index contributed by atoms with van der Waals surface area (Å²) >= 11 is 0. The highest BCUT2D eigenvalue weighted by molar-refractivity contribution is 6.06. The maximum Gasteiger partial charge on any atom is 0.371 e. The molecule has 0 saturated carbocycles. The van der Waals surface area contributed by atoms with Crippen molar-refractivity contribution in [3.05, 3.63) is 53.8 Å². The minimum Gasteiger partial charge on any atom is -0.507 e. The van der Waals surface area contributed by atoms with Gasteiger partial charge in [0.15, 0.2) is 5.78 Å². The van der Waals surface area contributed by atoms with E-state index in [9.17, 15) is 14.7 Å². The van der Waals surface area contributed by atoms with Crippen LogP contribution in [-0.2, 0) is 9.59 Å². The highest BCUT2D eigenvalue weighted by Gasteiger charge is 2.07. The molecular formula is C12H10O5. The Kier molecular flexibility index (Phi) is 4.05. The standard InChI is InChI=1S/C12H10O5/c13-9(7-11(15)12(16)17)6-10(14)8-4-2-1-3-5-8/h1-7,14-15H,(H,16,17)/b10-6-,11-7-. The summed E-state index contributed by atoms with van der Waals surface area (Å²) < 4.78 is 0. The van der Waals surface area contributed by atoms with Gasteiger partial charge in [0.1, 0.15) is 5.76 Å². The predicted molar refractivity (Wildman–Crippen MR) is 60.4 cm³/mol. The molecule has 17 heavy (non-hydrogen) atoms. The number of hydrogen-bond acceptors (Lipinski definition) is 4. The number of carbonyl (C=O) groups is 2. The molecule has 0 heterocycles. The van der Waals surface area contributed by atoms with Crippen LogP contribution in [0.3, 0.4) is 0 Å². The molecule has 1 aromatic carbocycles. The molecule has 1 rings (SSSR count). The summed E-state index contributed by atoms with van der Waals surface area (Å²) in [6.45, 7) is 0. The van der Waals surface area contributed by atoms with Crippen LogP contribution in [0.4, 0.5) is 0 Å². The van der Waals surface area contributed by atoms with Gasteiger partial charge in [-0.2, -0.15) is 0 Å². The number of aliphatic carboxylic acids is 1. The second-order valence-electron chi connectivity index (χ2n) is 3.13. The van der Waals surface area contributed by atoms with E-state index in [0.717, 1.165) is 6.08 Å². The van der Waals surface area contributed by atoms with Gasteiger partial charge in [0.2, 0.25) is 5.76 Å². The molecule has 3 N–H and O–H groups in total. The zero-order valence-corrected chi connectivity index (χ0v) is 8.70. The molecule has 0 aromatic heterocycles. The number of rotatable bonds is 4. The van der Waals surface area contributed by atoms with Crippen molar-refractivity contribution in [1.82, 2.24) is 0 Å². The lowest BCUT2D eigenvalue weighted by Crippen LogP contribution is -2.02. The number of aliphatic hydroxyl groups is 2. The molecule has 0 spiro atoms. The number of benzene rings is 1. The molecular weight excluding hydrogens is 224 g/mol. The summed E-state index contributed by atoms with van der Waals surface area (Å²) in [5.74, 6) is -3.80. The summed E-state index contributed by atoms with van der Waals surface area (Å²) in [5, 5.41) is 26.7. The SMILES string of the molecule is O=C(/C=C(\O)C(=O)O)/C=C(\O)c1ccccc1. The second-order valence-corrected chi connectivity index (χ2v) is 3.13. The van der Waals surface area contributed by atoms with Gasteiger partial charge in [0.25, 0.3) is 0 Å². The Morgan fingerprint density at radius 1 is 0.941 bits per heavy atom. The van der Waals surface area contributed by atoms with Crippen LogP contribution in [0.1, 0.15) is 5.56 Å². The molecule has 0 aliphatic rings. The number of carboxylic acids is 1. The van der Waals surface area contributed by atoms with Crippen LogP contribution in [0.15, 0.2) is 48.2 Å². The van der Waals surface area contributed by atoms with E-state index in [0.29, 0.717) is 11.6 Å². The molecule has 0 amide bonds. The van der Waals surface area contributed by atoms with Crippen molar-refractivity contribution in [2.75, 3.05) is 0 Å². The van der Waals surface area contributed by atoms with Crippen molar-refractivity contribution < 1.29 is 24.9 Å². The van der Waals surface area contributed by atoms with E-state index < -0.39 is 17.5 Å². The highest BCUT2D eigenvalue weighted by atomic mass is 16.4. The quantitative estimate of drug-likeness (QED) is 0.544. The smallest absolute Gasteiger partial charge is 0.371 e. The zero-order valence-electron chi connectivity index (χ0n) is 8.70. The van der Waals surface area contributed by atoms with Gasteiger partial charge < -0.3 is 15.3 Å². The first-order valence-corrected chi connectivity index (χ1v) is 4.64. The van der Waals surface area contributed by atoms with Crippen LogP contribution in [-0.4, -0.2) is 27.1 Å². The number of ketones is 1. The van der Waals surface area contributed by atoms with E-state index in [2.05, 4.69) is 0 Å². The molecule has 0 fully saturated rings. The maximum absolute atomic E-state index is 11.2. The topological polar surface area (TPSA) is 94.8 Å². The van der Waals surface area contributed by atoms with Crippen LogP contribution < -0.4 is 0 Å². The van der Waals surface area contributed by atoms with Gasteiger partial charge in [-0.25, -0.2) is 4.79 Å². The number of aliphatic hydroxyl groups excluding tert-OH is 2. The van der Waals surface area contributed by atoms with E-state index in [1.807, 2.05) is 0 Å². The Balaban J connectivity index is 2.87. The van der Waals surface area contributed by atoms with Gasteiger partial charge in [-0.05, 0) is 0 Å². The van der Waals surface area contributed by atoms with Gasteiger partial charge in [-0.1, -0.05) is 30.3 Å². The summed E-state index contributed by atoms with van der Waals surface area (Å²) in [7, 11) is 0. The summed E-state index contributed by atoms with van der Waals surface area (Å²) in [4.78, 5) is 21.4. The van der Waals surface area contributed by atoms with Crippen LogP contribution in [0.2, 0.25) is 0 Å². The van der Waals surface area contributed by atoms with Crippen molar-refractivity contribution in [2.24, 2.45) is 0 Å². The fraction of sp³-hybridized carbons (Fsp3) is 0. The number of hydrogen-bond donors (Lipinski definition) is 3. The van der Waals surface area contributed by atoms with E-state index in [4.69, 9.17) is 10.2 Å². The van der Waals surface area contributed by atoms with Crippen molar-refractivity contribution in [2.45, 2.75) is 0 Å². The van der Waals surface area contributed by atoms with Gasteiger partial charge in [0.05, 0.1) is 0 Å². The van der Waals surface area contributed by atoms with Gasteiger partial charge >= 0.3 is 5.97 Å². The molecule has 5 nitrogen and oxygen atoms in total. The van der Waals surface area contributed by atoms with Gasteiger partial charge in [-0.3, -0.25) is 4.79 Å². The summed E-state index contributed by atoms with van der Waals surface area (Å²) in [6, 6.07) is 8.26.